The summed E-state index contributed by atoms with van der Waals surface area (Å²) >= 11 is 0. The predicted octanol–water partition coefficient (Wildman–Crippen LogP) is 18.6. The number of hydrogen-bond acceptors (Lipinski definition) is 2. The Morgan fingerprint density at radius 2 is 0.792 bits per heavy atom. The van der Waals surface area contributed by atoms with E-state index < -0.39 is 5.41 Å². The van der Waals surface area contributed by atoms with E-state index in [1.54, 1.807) is 0 Å². The minimum atomic E-state index is -0.590. The van der Waals surface area contributed by atoms with E-state index in [4.69, 9.17) is 0 Å². The zero-order chi connectivity index (χ0) is 48.0. The van der Waals surface area contributed by atoms with Crippen LogP contribution in [0.25, 0.3) is 55.6 Å². The summed E-state index contributed by atoms with van der Waals surface area (Å²) in [6.45, 7) is 4.72. The fraction of sp³-hybridized carbons (Fsp3) is 0.0571. The highest BCUT2D eigenvalue weighted by molar-refractivity contribution is 6.05. The van der Waals surface area contributed by atoms with Crippen molar-refractivity contribution in [2.45, 2.75) is 24.7 Å². The Morgan fingerprint density at radius 3 is 1.49 bits per heavy atom. The van der Waals surface area contributed by atoms with Gasteiger partial charge < -0.3 is 9.80 Å². The average Bonchev–Trinajstić information content (AvgIpc) is 3.88. The highest BCUT2D eigenvalue weighted by Gasteiger charge is 2.53. The zero-order valence-corrected chi connectivity index (χ0v) is 40.3. The van der Waals surface area contributed by atoms with Crippen molar-refractivity contribution in [3.8, 4) is 55.6 Å². The standard InChI is InChI=1S/C70H50N2/c1-69(2)62-28-16-15-27-58(62)59-42-40-56(46-64(59)69)71(54-36-31-48(32-37-54)47-19-7-3-8-20-47)55-38-33-49(34-39-55)51-35-41-60-61-44-43-57(50-21-9-4-10-22-50)68-67(61)70(65(60)45-51,52-23-11-5-12-24-52)63-29-17-18-30-66(63)72(68)53-25-13-6-14-26-53/h3-46H,1-2H3. The fourth-order valence-electron chi connectivity index (χ4n) is 12.6. The largest absolute Gasteiger partial charge is 0.310 e. The molecule has 0 saturated heterocycles. The summed E-state index contributed by atoms with van der Waals surface area (Å²) < 4.78 is 0. The van der Waals surface area contributed by atoms with Crippen LogP contribution in [0.3, 0.4) is 0 Å². The summed E-state index contributed by atoms with van der Waals surface area (Å²) in [5, 5.41) is 0. The predicted molar refractivity (Wildman–Crippen MR) is 301 cm³/mol. The van der Waals surface area contributed by atoms with Crippen LogP contribution in [-0.4, -0.2) is 0 Å². The van der Waals surface area contributed by atoms with E-state index in [2.05, 4.69) is 291 Å². The maximum atomic E-state index is 2.52. The Hall–Kier alpha value is -8.98. The quantitative estimate of drug-likeness (QED) is 0.150. The van der Waals surface area contributed by atoms with Crippen LogP contribution in [-0.2, 0) is 10.8 Å². The van der Waals surface area contributed by atoms with Crippen molar-refractivity contribution in [1.29, 1.82) is 0 Å². The number of fused-ring (bicyclic) bond motifs is 8. The molecule has 0 saturated carbocycles. The average molecular weight is 919 g/mol. The Morgan fingerprint density at radius 1 is 0.319 bits per heavy atom. The minimum absolute atomic E-state index is 0.123. The van der Waals surface area contributed by atoms with E-state index in [0.29, 0.717) is 0 Å². The first kappa shape index (κ1) is 41.9. The summed E-state index contributed by atoms with van der Waals surface area (Å²) in [4.78, 5) is 4.94. The smallest absolute Gasteiger partial charge is 0.0754 e. The number of hydrogen-bond donors (Lipinski definition) is 0. The molecule has 1 unspecified atom stereocenters. The van der Waals surface area contributed by atoms with Gasteiger partial charge in [-0.15, -0.1) is 0 Å². The van der Waals surface area contributed by atoms with Gasteiger partial charge in [0.15, 0.2) is 0 Å². The van der Waals surface area contributed by atoms with Crippen molar-refractivity contribution < 1.29 is 0 Å². The first-order valence-corrected chi connectivity index (χ1v) is 25.2. The Labute approximate surface area is 422 Å². The molecule has 0 bridgehead atoms. The van der Waals surface area contributed by atoms with Gasteiger partial charge in [0.25, 0.3) is 0 Å². The summed E-state index contributed by atoms with van der Waals surface area (Å²) in [6.07, 6.45) is 0. The molecule has 11 aromatic rings. The molecule has 72 heavy (non-hydrogen) atoms. The van der Waals surface area contributed by atoms with Crippen LogP contribution in [0.5, 0.6) is 0 Å². The third-order valence-corrected chi connectivity index (χ3v) is 15.9. The van der Waals surface area contributed by atoms with E-state index in [1.165, 1.54) is 100 Å². The summed E-state index contributed by atoms with van der Waals surface area (Å²) in [6, 6.07) is 99.0. The third kappa shape index (κ3) is 6.22. The molecule has 0 N–H and O–H groups in total. The van der Waals surface area contributed by atoms with E-state index in [1.807, 2.05) is 0 Å². The highest BCUT2D eigenvalue weighted by atomic mass is 15.2. The minimum Gasteiger partial charge on any atom is -0.310 e. The number of para-hydroxylation sites is 2. The molecule has 0 fully saturated rings. The summed E-state index contributed by atoms with van der Waals surface area (Å²) in [7, 11) is 0. The molecule has 2 nitrogen and oxygen atoms in total. The first-order valence-electron chi connectivity index (χ1n) is 25.2. The van der Waals surface area contributed by atoms with Gasteiger partial charge in [-0.2, -0.15) is 0 Å². The van der Waals surface area contributed by atoms with Crippen LogP contribution >= 0.6 is 0 Å². The van der Waals surface area contributed by atoms with Crippen molar-refractivity contribution in [3.05, 3.63) is 300 Å². The lowest BCUT2D eigenvalue weighted by atomic mass is 9.64. The van der Waals surface area contributed by atoms with Crippen LogP contribution in [0.4, 0.5) is 34.1 Å². The number of anilines is 6. The molecular formula is C70H50N2. The van der Waals surface area contributed by atoms with Gasteiger partial charge in [-0.1, -0.05) is 220 Å². The molecule has 3 aliphatic rings. The molecular weight excluding hydrogens is 869 g/mol. The van der Waals surface area contributed by atoms with E-state index in [9.17, 15) is 0 Å². The molecule has 2 aliphatic carbocycles. The van der Waals surface area contributed by atoms with Crippen LogP contribution in [0.2, 0.25) is 0 Å². The van der Waals surface area contributed by atoms with Crippen LogP contribution < -0.4 is 9.80 Å². The molecule has 0 aromatic heterocycles. The zero-order valence-electron chi connectivity index (χ0n) is 40.3. The second kappa shape index (κ2) is 16.3. The second-order valence-electron chi connectivity index (χ2n) is 20.0. The molecule has 0 spiro atoms. The third-order valence-electron chi connectivity index (χ3n) is 15.9. The van der Waals surface area contributed by atoms with Crippen molar-refractivity contribution >= 4 is 34.1 Å². The lowest BCUT2D eigenvalue weighted by molar-refractivity contribution is 0.660. The summed E-state index contributed by atoms with van der Waals surface area (Å²) in [5.41, 5.74) is 26.5. The van der Waals surface area contributed by atoms with E-state index in [-0.39, 0.29) is 5.41 Å². The van der Waals surface area contributed by atoms with Crippen LogP contribution in [0, 0.1) is 0 Å². The lowest BCUT2D eigenvalue weighted by Gasteiger charge is -2.45. The van der Waals surface area contributed by atoms with Gasteiger partial charge in [-0.3, -0.25) is 0 Å². The van der Waals surface area contributed by atoms with Crippen LogP contribution in [0.1, 0.15) is 47.2 Å². The Kier molecular flexibility index (Phi) is 9.50. The SMILES string of the molecule is CC1(C)c2ccccc2-c2ccc(N(c3ccc(-c4ccccc4)cc3)c3ccc(-c4ccc5c(c4)C4(c6ccccc6)c6ccccc6N(c6ccccc6)c6c(-c7ccccc7)ccc-5c64)cc3)cc21. The first-order chi connectivity index (χ1) is 35.5. The number of nitrogens with zero attached hydrogens (tertiary/aromatic N) is 2. The molecule has 14 rings (SSSR count). The molecule has 11 aromatic carbocycles. The van der Waals surface area contributed by atoms with Gasteiger partial charge in [0, 0.05) is 39.3 Å². The Bertz CT molecular complexity index is 3860. The lowest BCUT2D eigenvalue weighted by Crippen LogP contribution is -2.36. The fourth-order valence-corrected chi connectivity index (χ4v) is 12.6. The van der Waals surface area contributed by atoms with Gasteiger partial charge in [-0.05, 0) is 139 Å². The second-order valence-corrected chi connectivity index (χ2v) is 20.0. The molecule has 340 valence electrons. The maximum Gasteiger partial charge on any atom is 0.0754 e. The maximum absolute atomic E-state index is 2.52. The van der Waals surface area contributed by atoms with Gasteiger partial charge in [0.05, 0.1) is 16.8 Å². The van der Waals surface area contributed by atoms with Crippen LogP contribution in [0.15, 0.2) is 267 Å². The highest BCUT2D eigenvalue weighted by Crippen LogP contribution is 2.66. The van der Waals surface area contributed by atoms with E-state index in [0.717, 1.165) is 22.7 Å². The number of benzene rings is 11. The van der Waals surface area contributed by atoms with Gasteiger partial charge in [0.1, 0.15) is 0 Å². The van der Waals surface area contributed by atoms with Gasteiger partial charge in [0.2, 0.25) is 0 Å². The molecule has 2 heteroatoms. The van der Waals surface area contributed by atoms with Gasteiger partial charge >= 0.3 is 0 Å². The van der Waals surface area contributed by atoms with Crippen molar-refractivity contribution in [1.82, 2.24) is 0 Å². The molecule has 0 amide bonds. The normalized spacial score (nSPS) is 15.2. The monoisotopic (exact) mass is 918 g/mol. The summed E-state index contributed by atoms with van der Waals surface area (Å²) in [5.74, 6) is 0. The van der Waals surface area contributed by atoms with Crippen molar-refractivity contribution in [2.24, 2.45) is 0 Å². The van der Waals surface area contributed by atoms with E-state index >= 15 is 0 Å². The molecule has 1 heterocycles. The topological polar surface area (TPSA) is 6.48 Å². The van der Waals surface area contributed by atoms with Gasteiger partial charge in [-0.25, -0.2) is 0 Å². The molecule has 1 atom stereocenters. The number of rotatable bonds is 8. The van der Waals surface area contributed by atoms with Crippen molar-refractivity contribution in [3.63, 3.8) is 0 Å². The Balaban J connectivity index is 0.933. The molecule has 0 radical (unpaired) electrons. The van der Waals surface area contributed by atoms with Crippen molar-refractivity contribution in [2.75, 3.05) is 9.80 Å². The molecule has 1 aliphatic heterocycles.